The monoisotopic (exact) mass is 184 g/mol. The molecule has 0 aromatic rings. The van der Waals surface area contributed by atoms with E-state index in [4.69, 9.17) is 0 Å². The SMILES string of the molecule is CC(C)CNC(=O)C1CCNCC1. The highest BCUT2D eigenvalue weighted by Crippen LogP contribution is 2.11. The first-order valence-corrected chi connectivity index (χ1v) is 5.18. The van der Waals surface area contributed by atoms with Gasteiger partial charge in [0.15, 0.2) is 0 Å². The zero-order valence-electron chi connectivity index (χ0n) is 8.60. The molecule has 1 rings (SSSR count). The van der Waals surface area contributed by atoms with Crippen molar-refractivity contribution in [3.8, 4) is 0 Å². The van der Waals surface area contributed by atoms with E-state index in [0.29, 0.717) is 5.92 Å². The summed E-state index contributed by atoms with van der Waals surface area (Å²) in [4.78, 5) is 11.6. The lowest BCUT2D eigenvalue weighted by molar-refractivity contribution is -0.125. The molecule has 76 valence electrons. The molecule has 2 N–H and O–H groups in total. The highest BCUT2D eigenvalue weighted by Gasteiger charge is 2.20. The number of carbonyl (C=O) groups excluding carboxylic acids is 1. The summed E-state index contributed by atoms with van der Waals surface area (Å²) in [5.41, 5.74) is 0. The summed E-state index contributed by atoms with van der Waals surface area (Å²) >= 11 is 0. The van der Waals surface area contributed by atoms with E-state index in [9.17, 15) is 4.79 Å². The molecule has 1 saturated heterocycles. The van der Waals surface area contributed by atoms with Crippen LogP contribution in [0.1, 0.15) is 26.7 Å². The van der Waals surface area contributed by atoms with Crippen molar-refractivity contribution < 1.29 is 4.79 Å². The van der Waals surface area contributed by atoms with Crippen molar-refractivity contribution in [1.29, 1.82) is 0 Å². The lowest BCUT2D eigenvalue weighted by Gasteiger charge is -2.22. The van der Waals surface area contributed by atoms with Crippen molar-refractivity contribution in [2.45, 2.75) is 26.7 Å². The first kappa shape index (κ1) is 10.5. The maximum absolute atomic E-state index is 11.6. The van der Waals surface area contributed by atoms with Crippen molar-refractivity contribution in [3.05, 3.63) is 0 Å². The van der Waals surface area contributed by atoms with Crippen LogP contribution in [-0.2, 0) is 4.79 Å². The minimum Gasteiger partial charge on any atom is -0.356 e. The molecular weight excluding hydrogens is 164 g/mol. The van der Waals surface area contributed by atoms with E-state index in [1.165, 1.54) is 0 Å². The molecule has 1 aliphatic rings. The zero-order chi connectivity index (χ0) is 9.68. The number of piperidine rings is 1. The summed E-state index contributed by atoms with van der Waals surface area (Å²) in [6.07, 6.45) is 1.98. The van der Waals surface area contributed by atoms with Crippen molar-refractivity contribution in [1.82, 2.24) is 10.6 Å². The third-order valence-corrected chi connectivity index (χ3v) is 2.39. The highest BCUT2D eigenvalue weighted by molar-refractivity contribution is 5.78. The van der Waals surface area contributed by atoms with Gasteiger partial charge in [-0.1, -0.05) is 13.8 Å². The number of hydrogen-bond acceptors (Lipinski definition) is 2. The second-order valence-electron chi connectivity index (χ2n) is 4.16. The van der Waals surface area contributed by atoms with Crippen LogP contribution >= 0.6 is 0 Å². The predicted octanol–water partition coefficient (Wildman–Crippen LogP) is 0.758. The Bertz CT molecular complexity index is 162. The maximum Gasteiger partial charge on any atom is 0.223 e. The van der Waals surface area contributed by atoms with Gasteiger partial charge < -0.3 is 10.6 Å². The molecule has 0 spiro atoms. The second kappa shape index (κ2) is 5.22. The average Bonchev–Trinajstić information content (AvgIpc) is 2.15. The van der Waals surface area contributed by atoms with Gasteiger partial charge in [-0.05, 0) is 31.8 Å². The Morgan fingerprint density at radius 2 is 2.08 bits per heavy atom. The van der Waals surface area contributed by atoms with Crippen LogP contribution in [0.2, 0.25) is 0 Å². The van der Waals surface area contributed by atoms with Crippen LogP contribution in [0.15, 0.2) is 0 Å². The molecule has 0 aromatic carbocycles. The van der Waals surface area contributed by atoms with Gasteiger partial charge in [0.05, 0.1) is 0 Å². The van der Waals surface area contributed by atoms with Crippen molar-refractivity contribution in [2.75, 3.05) is 19.6 Å². The van der Waals surface area contributed by atoms with E-state index in [1.54, 1.807) is 0 Å². The topological polar surface area (TPSA) is 41.1 Å². The molecule has 0 aliphatic carbocycles. The minimum atomic E-state index is 0.246. The zero-order valence-corrected chi connectivity index (χ0v) is 8.60. The summed E-state index contributed by atoms with van der Waals surface area (Å²) in [7, 11) is 0. The Labute approximate surface area is 80.3 Å². The fraction of sp³-hybridized carbons (Fsp3) is 0.900. The first-order chi connectivity index (χ1) is 6.20. The molecule has 1 amide bonds. The number of nitrogens with one attached hydrogen (secondary N) is 2. The van der Waals surface area contributed by atoms with Gasteiger partial charge in [-0.3, -0.25) is 4.79 Å². The maximum atomic E-state index is 11.6. The van der Waals surface area contributed by atoms with Gasteiger partial charge in [-0.25, -0.2) is 0 Å². The van der Waals surface area contributed by atoms with Gasteiger partial charge in [-0.15, -0.1) is 0 Å². The smallest absolute Gasteiger partial charge is 0.223 e. The molecular formula is C10H20N2O. The van der Waals surface area contributed by atoms with Crippen molar-refractivity contribution in [3.63, 3.8) is 0 Å². The molecule has 3 nitrogen and oxygen atoms in total. The summed E-state index contributed by atoms with van der Waals surface area (Å²) in [5, 5.41) is 6.24. The molecule has 1 aliphatic heterocycles. The molecule has 0 unspecified atom stereocenters. The quantitative estimate of drug-likeness (QED) is 0.680. The van der Waals surface area contributed by atoms with Crippen molar-refractivity contribution in [2.24, 2.45) is 11.8 Å². The number of hydrogen-bond donors (Lipinski definition) is 2. The largest absolute Gasteiger partial charge is 0.356 e. The lowest BCUT2D eigenvalue weighted by atomic mass is 9.97. The number of amides is 1. The summed E-state index contributed by atoms with van der Waals surface area (Å²) in [6, 6.07) is 0. The predicted molar refractivity (Wildman–Crippen MR) is 53.4 cm³/mol. The molecule has 1 heterocycles. The van der Waals surface area contributed by atoms with E-state index >= 15 is 0 Å². The number of carbonyl (C=O) groups is 1. The molecule has 13 heavy (non-hydrogen) atoms. The van der Waals surface area contributed by atoms with Gasteiger partial charge in [-0.2, -0.15) is 0 Å². The molecule has 0 saturated carbocycles. The van der Waals surface area contributed by atoms with E-state index in [0.717, 1.165) is 32.5 Å². The van der Waals surface area contributed by atoms with E-state index < -0.39 is 0 Å². The van der Waals surface area contributed by atoms with Gasteiger partial charge in [0.1, 0.15) is 0 Å². The van der Waals surface area contributed by atoms with E-state index in [2.05, 4.69) is 24.5 Å². The molecule has 0 aromatic heterocycles. The van der Waals surface area contributed by atoms with Crippen LogP contribution in [0.3, 0.4) is 0 Å². The standard InChI is InChI=1S/C10H20N2O/c1-8(2)7-12-10(13)9-3-5-11-6-4-9/h8-9,11H,3-7H2,1-2H3,(H,12,13). The van der Waals surface area contributed by atoms with Gasteiger partial charge in [0.25, 0.3) is 0 Å². The Hall–Kier alpha value is -0.570. The molecule has 0 radical (unpaired) electrons. The van der Waals surface area contributed by atoms with Crippen LogP contribution in [0.4, 0.5) is 0 Å². The van der Waals surface area contributed by atoms with Crippen molar-refractivity contribution >= 4 is 5.91 Å². The van der Waals surface area contributed by atoms with Crippen LogP contribution in [0, 0.1) is 11.8 Å². The summed E-state index contributed by atoms with van der Waals surface area (Å²) < 4.78 is 0. The van der Waals surface area contributed by atoms with Crippen LogP contribution < -0.4 is 10.6 Å². The molecule has 0 bridgehead atoms. The Kier molecular flexibility index (Phi) is 4.22. The first-order valence-electron chi connectivity index (χ1n) is 5.18. The normalized spacial score (nSPS) is 19.0. The Morgan fingerprint density at radius 1 is 1.46 bits per heavy atom. The van der Waals surface area contributed by atoms with Gasteiger partial charge >= 0.3 is 0 Å². The third kappa shape index (κ3) is 3.77. The van der Waals surface area contributed by atoms with Crippen LogP contribution in [0.5, 0.6) is 0 Å². The number of rotatable bonds is 3. The lowest BCUT2D eigenvalue weighted by Crippen LogP contribution is -2.39. The summed E-state index contributed by atoms with van der Waals surface area (Å²) in [5.74, 6) is 1.04. The van der Waals surface area contributed by atoms with E-state index in [1.807, 2.05) is 0 Å². The molecule has 1 fully saturated rings. The Morgan fingerprint density at radius 3 is 2.62 bits per heavy atom. The highest BCUT2D eigenvalue weighted by atomic mass is 16.1. The van der Waals surface area contributed by atoms with Gasteiger partial charge in [0.2, 0.25) is 5.91 Å². The van der Waals surface area contributed by atoms with Gasteiger partial charge in [0, 0.05) is 12.5 Å². The molecule has 0 atom stereocenters. The van der Waals surface area contributed by atoms with Crippen LogP contribution in [0.25, 0.3) is 0 Å². The van der Waals surface area contributed by atoms with Crippen LogP contribution in [-0.4, -0.2) is 25.5 Å². The fourth-order valence-electron chi connectivity index (χ4n) is 1.53. The minimum absolute atomic E-state index is 0.246. The van der Waals surface area contributed by atoms with E-state index in [-0.39, 0.29) is 11.8 Å². The third-order valence-electron chi connectivity index (χ3n) is 2.39. The molecule has 3 heteroatoms. The summed E-state index contributed by atoms with van der Waals surface area (Å²) in [6.45, 7) is 7.01. The average molecular weight is 184 g/mol. The Balaban J connectivity index is 2.21. The fourth-order valence-corrected chi connectivity index (χ4v) is 1.53. The second-order valence-corrected chi connectivity index (χ2v) is 4.16.